The Morgan fingerprint density at radius 3 is 2.24 bits per heavy atom. The zero-order valence-electron chi connectivity index (χ0n) is 23.3. The molecule has 0 fully saturated rings. The number of carboxylic acid groups (broad SMARTS) is 1. The van der Waals surface area contributed by atoms with Gasteiger partial charge in [0.05, 0.1) is 31.4 Å². The first kappa shape index (κ1) is 31.5. The Morgan fingerprint density at radius 1 is 0.952 bits per heavy atom. The van der Waals surface area contributed by atoms with Crippen molar-refractivity contribution in [2.45, 2.75) is 44.3 Å². The number of amides is 4. The van der Waals surface area contributed by atoms with E-state index in [1.807, 2.05) is 0 Å². The van der Waals surface area contributed by atoms with E-state index in [4.69, 9.17) is 5.73 Å². The molecule has 3 aromatic rings. The number of aromatic amines is 1. The molecule has 3 atom stereocenters. The van der Waals surface area contributed by atoms with E-state index in [-0.39, 0.29) is 25.8 Å². The van der Waals surface area contributed by atoms with Gasteiger partial charge in [-0.15, -0.1) is 0 Å². The Labute approximate surface area is 241 Å². The van der Waals surface area contributed by atoms with Crippen molar-refractivity contribution in [1.82, 2.24) is 40.8 Å². The molecule has 1 aromatic carbocycles. The number of aryl methyl sites for hydroxylation is 2. The lowest BCUT2D eigenvalue weighted by atomic mass is 10.0. The fraction of sp³-hybridized carbons (Fsp3) is 0.370. The van der Waals surface area contributed by atoms with Crippen molar-refractivity contribution in [3.8, 4) is 0 Å². The first-order valence-corrected chi connectivity index (χ1v) is 13.1. The van der Waals surface area contributed by atoms with Crippen molar-refractivity contribution in [3.05, 3.63) is 71.8 Å². The molecule has 0 aliphatic carbocycles. The fourth-order valence-electron chi connectivity index (χ4n) is 4.11. The van der Waals surface area contributed by atoms with Crippen molar-refractivity contribution in [3.63, 3.8) is 0 Å². The molecule has 0 aliphatic rings. The normalized spacial score (nSPS) is 12.9. The molecule has 4 amide bonds. The number of rotatable bonds is 15. The lowest BCUT2D eigenvalue weighted by Gasteiger charge is -2.22. The molecule has 42 heavy (non-hydrogen) atoms. The van der Waals surface area contributed by atoms with E-state index in [9.17, 15) is 29.1 Å². The molecule has 0 spiro atoms. The number of hydrogen-bond acceptors (Lipinski definition) is 8. The highest BCUT2D eigenvalue weighted by atomic mass is 16.4. The van der Waals surface area contributed by atoms with Crippen LogP contribution in [-0.4, -0.2) is 85.4 Å². The van der Waals surface area contributed by atoms with Crippen LogP contribution in [0.3, 0.4) is 0 Å². The van der Waals surface area contributed by atoms with Crippen molar-refractivity contribution >= 4 is 29.6 Å². The number of nitrogens with zero attached hydrogens (tertiary/aromatic N) is 3. The number of carboxylic acids is 1. The number of H-pyrrole nitrogens is 1. The maximum absolute atomic E-state index is 13.2. The SMILES string of the molecule is Cc1[nH]cnc1C[C@H](NC(=O)CNC(=O)[C@H](Cc1cncn1C)NC(=O)CN)C(=O)N[C@@H](Cc1ccccc1)C(=O)O. The van der Waals surface area contributed by atoms with Crippen LogP contribution in [0.15, 0.2) is 49.2 Å². The van der Waals surface area contributed by atoms with Crippen LogP contribution < -0.4 is 27.0 Å². The molecule has 0 unspecified atom stereocenters. The fourth-order valence-corrected chi connectivity index (χ4v) is 4.11. The molecular formula is C27H35N9O6. The topological polar surface area (TPSA) is 226 Å². The predicted octanol–water partition coefficient (Wildman–Crippen LogP) is -1.91. The number of carbonyl (C=O) groups excluding carboxylic acids is 4. The third kappa shape index (κ3) is 9.26. The Kier molecular flexibility index (Phi) is 11.3. The summed E-state index contributed by atoms with van der Waals surface area (Å²) in [5.74, 6) is -3.89. The third-order valence-corrected chi connectivity index (χ3v) is 6.47. The zero-order valence-corrected chi connectivity index (χ0v) is 23.3. The smallest absolute Gasteiger partial charge is 0.326 e. The summed E-state index contributed by atoms with van der Waals surface area (Å²) in [4.78, 5) is 74.0. The second kappa shape index (κ2) is 15.1. The largest absolute Gasteiger partial charge is 0.480 e. The molecule has 3 rings (SSSR count). The second-order valence-corrected chi connectivity index (χ2v) is 9.63. The van der Waals surface area contributed by atoms with Crippen LogP contribution in [0.4, 0.5) is 0 Å². The Balaban J connectivity index is 1.68. The van der Waals surface area contributed by atoms with Gasteiger partial charge in [-0.3, -0.25) is 19.2 Å². The highest BCUT2D eigenvalue weighted by Gasteiger charge is 2.29. The molecule has 0 saturated carbocycles. The van der Waals surface area contributed by atoms with Gasteiger partial charge in [0.25, 0.3) is 0 Å². The monoisotopic (exact) mass is 581 g/mol. The van der Waals surface area contributed by atoms with Crippen LogP contribution in [0, 0.1) is 6.92 Å². The first-order chi connectivity index (χ1) is 20.1. The van der Waals surface area contributed by atoms with E-state index in [1.54, 1.807) is 61.4 Å². The molecule has 0 aliphatic heterocycles. The lowest BCUT2D eigenvalue weighted by Crippen LogP contribution is -2.55. The van der Waals surface area contributed by atoms with E-state index >= 15 is 0 Å². The van der Waals surface area contributed by atoms with Gasteiger partial charge in [0.15, 0.2) is 0 Å². The number of nitrogens with two attached hydrogens (primary N) is 1. The Hall–Kier alpha value is -5.05. The van der Waals surface area contributed by atoms with E-state index in [0.29, 0.717) is 22.6 Å². The molecule has 224 valence electrons. The summed E-state index contributed by atoms with van der Waals surface area (Å²) >= 11 is 0. The molecular weight excluding hydrogens is 546 g/mol. The van der Waals surface area contributed by atoms with Crippen molar-refractivity contribution in [1.29, 1.82) is 0 Å². The van der Waals surface area contributed by atoms with Gasteiger partial charge in [0, 0.05) is 43.9 Å². The maximum Gasteiger partial charge on any atom is 0.326 e. The molecule has 0 saturated heterocycles. The van der Waals surface area contributed by atoms with Gasteiger partial charge < -0.3 is 41.7 Å². The summed E-state index contributed by atoms with van der Waals surface area (Å²) in [6.07, 6.45) is 4.63. The van der Waals surface area contributed by atoms with Crippen molar-refractivity contribution < 1.29 is 29.1 Å². The van der Waals surface area contributed by atoms with Crippen LogP contribution >= 0.6 is 0 Å². The molecule has 15 heteroatoms. The van der Waals surface area contributed by atoms with Gasteiger partial charge in [0.2, 0.25) is 23.6 Å². The van der Waals surface area contributed by atoms with E-state index in [1.165, 1.54) is 6.33 Å². The van der Waals surface area contributed by atoms with E-state index in [0.717, 1.165) is 0 Å². The van der Waals surface area contributed by atoms with Crippen LogP contribution in [0.1, 0.15) is 22.6 Å². The summed E-state index contributed by atoms with van der Waals surface area (Å²) < 4.78 is 1.68. The predicted molar refractivity (Wildman–Crippen MR) is 150 cm³/mol. The second-order valence-electron chi connectivity index (χ2n) is 9.63. The number of imidazole rings is 2. The van der Waals surface area contributed by atoms with Gasteiger partial charge in [-0.2, -0.15) is 0 Å². The number of aromatic nitrogens is 4. The lowest BCUT2D eigenvalue weighted by molar-refractivity contribution is -0.142. The minimum absolute atomic E-state index is 0.0335. The van der Waals surface area contributed by atoms with E-state index < -0.39 is 54.3 Å². The highest BCUT2D eigenvalue weighted by Crippen LogP contribution is 2.08. The average Bonchev–Trinajstić information content (AvgIpc) is 3.57. The zero-order chi connectivity index (χ0) is 30.6. The van der Waals surface area contributed by atoms with Gasteiger partial charge in [-0.25, -0.2) is 14.8 Å². The molecule has 0 radical (unpaired) electrons. The van der Waals surface area contributed by atoms with Crippen LogP contribution in [-0.2, 0) is 50.3 Å². The minimum Gasteiger partial charge on any atom is -0.480 e. The van der Waals surface area contributed by atoms with Crippen molar-refractivity contribution in [2.75, 3.05) is 13.1 Å². The van der Waals surface area contributed by atoms with Crippen LogP contribution in [0.25, 0.3) is 0 Å². The van der Waals surface area contributed by atoms with Gasteiger partial charge in [-0.1, -0.05) is 30.3 Å². The summed E-state index contributed by atoms with van der Waals surface area (Å²) in [5, 5.41) is 19.8. The van der Waals surface area contributed by atoms with Gasteiger partial charge >= 0.3 is 5.97 Å². The number of benzene rings is 1. The maximum atomic E-state index is 13.2. The summed E-state index contributed by atoms with van der Waals surface area (Å²) in [5.41, 5.74) is 7.92. The highest BCUT2D eigenvalue weighted by molar-refractivity contribution is 5.93. The molecule has 2 heterocycles. The third-order valence-electron chi connectivity index (χ3n) is 6.47. The minimum atomic E-state index is -1.25. The molecule has 15 nitrogen and oxygen atoms in total. The Morgan fingerprint density at radius 2 is 1.64 bits per heavy atom. The summed E-state index contributed by atoms with van der Waals surface area (Å²) in [6, 6.07) is 5.32. The van der Waals surface area contributed by atoms with Gasteiger partial charge in [0.1, 0.15) is 18.1 Å². The van der Waals surface area contributed by atoms with Crippen LogP contribution in [0.2, 0.25) is 0 Å². The van der Waals surface area contributed by atoms with Crippen molar-refractivity contribution in [2.24, 2.45) is 12.8 Å². The molecule has 8 N–H and O–H groups in total. The van der Waals surface area contributed by atoms with Crippen LogP contribution in [0.5, 0.6) is 0 Å². The summed E-state index contributed by atoms with van der Waals surface area (Å²) in [6.45, 7) is 0.891. The molecule has 0 bridgehead atoms. The Bertz CT molecular complexity index is 1390. The van der Waals surface area contributed by atoms with Gasteiger partial charge in [-0.05, 0) is 12.5 Å². The summed E-state index contributed by atoms with van der Waals surface area (Å²) in [7, 11) is 1.73. The quantitative estimate of drug-likeness (QED) is 0.106. The number of aliphatic carboxylic acids is 1. The first-order valence-electron chi connectivity index (χ1n) is 13.1. The molecule has 2 aromatic heterocycles. The number of carbonyl (C=O) groups is 5. The number of hydrogen-bond donors (Lipinski definition) is 7. The average molecular weight is 582 g/mol. The number of nitrogens with one attached hydrogen (secondary N) is 5. The van der Waals surface area contributed by atoms with E-state index in [2.05, 4.69) is 36.2 Å². The standard InChI is InChI=1S/C27H35N9O6/c1-16-19(32-14-31-16)10-21(26(40)35-22(27(41)42)8-17-6-4-3-5-7-17)34-24(38)13-30-25(39)20(33-23(37)11-28)9-18-12-29-15-36(18)2/h3-7,12,14-15,20-22H,8-11,13,28H2,1-2H3,(H,30,39)(H,31,32)(H,33,37)(H,34,38)(H,35,40)(H,41,42)/t20-,21-,22-/m0/s1.